The Labute approximate surface area is 112 Å². The van der Waals surface area contributed by atoms with Crippen molar-refractivity contribution < 1.29 is 9.53 Å². The molecule has 0 aliphatic carbocycles. The average molecular weight is 269 g/mol. The van der Waals surface area contributed by atoms with Crippen molar-refractivity contribution in [2.75, 3.05) is 20.2 Å². The predicted octanol–water partition coefficient (Wildman–Crippen LogP) is 1.66. The van der Waals surface area contributed by atoms with Crippen LogP contribution in [0.2, 0.25) is 5.02 Å². The SMILES string of the molecule is COC(=O)c1ccc(Cl)c(CN2CC[C@@H](N)C2)c1. The Hall–Kier alpha value is -1.10. The summed E-state index contributed by atoms with van der Waals surface area (Å²) in [6.07, 6.45) is 1.01. The van der Waals surface area contributed by atoms with Crippen LogP contribution in [0.3, 0.4) is 0 Å². The molecule has 1 fully saturated rings. The Bertz CT molecular complexity index is 451. The number of carbonyl (C=O) groups is 1. The lowest BCUT2D eigenvalue weighted by molar-refractivity contribution is 0.0600. The topological polar surface area (TPSA) is 55.6 Å². The number of ether oxygens (including phenoxy) is 1. The molecule has 1 aromatic rings. The van der Waals surface area contributed by atoms with Crippen LogP contribution in [0.15, 0.2) is 18.2 Å². The Morgan fingerprint density at radius 2 is 2.39 bits per heavy atom. The number of esters is 1. The molecule has 0 spiro atoms. The average Bonchev–Trinajstić information content (AvgIpc) is 2.76. The maximum atomic E-state index is 11.5. The Morgan fingerprint density at radius 1 is 1.61 bits per heavy atom. The lowest BCUT2D eigenvalue weighted by atomic mass is 10.1. The number of hydrogen-bond acceptors (Lipinski definition) is 4. The van der Waals surface area contributed by atoms with Crippen molar-refractivity contribution in [3.63, 3.8) is 0 Å². The summed E-state index contributed by atoms with van der Waals surface area (Å²) in [5, 5.41) is 0.670. The highest BCUT2D eigenvalue weighted by molar-refractivity contribution is 6.31. The van der Waals surface area contributed by atoms with E-state index in [0.717, 1.165) is 31.6 Å². The van der Waals surface area contributed by atoms with Gasteiger partial charge in [0.05, 0.1) is 12.7 Å². The van der Waals surface area contributed by atoms with Gasteiger partial charge in [-0.3, -0.25) is 4.90 Å². The van der Waals surface area contributed by atoms with Crippen LogP contribution in [0.25, 0.3) is 0 Å². The maximum absolute atomic E-state index is 11.5. The molecule has 1 aliphatic heterocycles. The van der Waals surface area contributed by atoms with Gasteiger partial charge in [-0.25, -0.2) is 4.79 Å². The van der Waals surface area contributed by atoms with Crippen LogP contribution in [-0.2, 0) is 11.3 Å². The Kier molecular flexibility index (Phi) is 4.22. The van der Waals surface area contributed by atoms with Crippen molar-refractivity contribution in [2.45, 2.75) is 19.0 Å². The van der Waals surface area contributed by atoms with Crippen molar-refractivity contribution in [1.29, 1.82) is 0 Å². The van der Waals surface area contributed by atoms with Gasteiger partial charge in [0.1, 0.15) is 0 Å². The standard InChI is InChI=1S/C13H17ClN2O2/c1-18-13(17)9-2-3-12(14)10(6-9)7-16-5-4-11(15)8-16/h2-3,6,11H,4-5,7-8,15H2,1H3/t11-/m1/s1. The third-order valence-corrected chi connectivity index (χ3v) is 3.54. The van der Waals surface area contributed by atoms with Crippen LogP contribution in [-0.4, -0.2) is 37.1 Å². The molecule has 0 radical (unpaired) electrons. The largest absolute Gasteiger partial charge is 0.465 e. The quantitative estimate of drug-likeness (QED) is 0.847. The molecule has 5 heteroatoms. The number of nitrogens with two attached hydrogens (primary N) is 1. The van der Waals surface area contributed by atoms with E-state index in [2.05, 4.69) is 4.90 Å². The van der Waals surface area contributed by atoms with Gasteiger partial charge in [0.25, 0.3) is 0 Å². The zero-order valence-corrected chi connectivity index (χ0v) is 11.1. The first-order valence-corrected chi connectivity index (χ1v) is 6.32. The number of benzene rings is 1. The van der Waals surface area contributed by atoms with Crippen LogP contribution in [0.1, 0.15) is 22.3 Å². The number of rotatable bonds is 3. The molecule has 98 valence electrons. The summed E-state index contributed by atoms with van der Waals surface area (Å²) in [4.78, 5) is 13.7. The molecule has 1 aromatic carbocycles. The van der Waals surface area contributed by atoms with Gasteiger partial charge in [0.2, 0.25) is 0 Å². The number of likely N-dealkylation sites (tertiary alicyclic amines) is 1. The van der Waals surface area contributed by atoms with Crippen molar-refractivity contribution in [3.8, 4) is 0 Å². The molecule has 2 rings (SSSR count). The molecule has 1 saturated heterocycles. The van der Waals surface area contributed by atoms with Gasteiger partial charge in [0, 0.05) is 30.7 Å². The fourth-order valence-corrected chi connectivity index (χ4v) is 2.37. The molecule has 18 heavy (non-hydrogen) atoms. The zero-order valence-electron chi connectivity index (χ0n) is 10.4. The fourth-order valence-electron chi connectivity index (χ4n) is 2.19. The number of carbonyl (C=O) groups excluding carboxylic acids is 1. The molecule has 2 N–H and O–H groups in total. The number of hydrogen-bond donors (Lipinski definition) is 1. The number of nitrogens with zero attached hydrogens (tertiary/aromatic N) is 1. The third kappa shape index (κ3) is 3.02. The van der Waals surface area contributed by atoms with E-state index in [1.54, 1.807) is 18.2 Å². The minimum absolute atomic E-state index is 0.243. The second-order valence-electron chi connectivity index (χ2n) is 4.58. The van der Waals surface area contributed by atoms with Gasteiger partial charge >= 0.3 is 5.97 Å². The lowest BCUT2D eigenvalue weighted by Crippen LogP contribution is -2.26. The summed E-state index contributed by atoms with van der Waals surface area (Å²) in [7, 11) is 1.37. The third-order valence-electron chi connectivity index (χ3n) is 3.17. The highest BCUT2D eigenvalue weighted by atomic mass is 35.5. The zero-order chi connectivity index (χ0) is 13.1. The molecule has 0 unspecified atom stereocenters. The lowest BCUT2D eigenvalue weighted by Gasteiger charge is -2.16. The first-order chi connectivity index (χ1) is 8.60. The van der Waals surface area contributed by atoms with Crippen molar-refractivity contribution in [2.24, 2.45) is 5.73 Å². The van der Waals surface area contributed by atoms with Crippen LogP contribution in [0, 0.1) is 0 Å². The predicted molar refractivity (Wildman–Crippen MR) is 70.7 cm³/mol. The maximum Gasteiger partial charge on any atom is 0.337 e. The van der Waals surface area contributed by atoms with Crippen molar-refractivity contribution in [3.05, 3.63) is 34.3 Å². The Morgan fingerprint density at radius 3 is 3.00 bits per heavy atom. The number of methoxy groups -OCH3 is 1. The number of halogens is 1. The summed E-state index contributed by atoms with van der Waals surface area (Å²) in [5.74, 6) is -0.342. The van der Waals surface area contributed by atoms with E-state index in [9.17, 15) is 4.79 Å². The van der Waals surface area contributed by atoms with E-state index in [1.807, 2.05) is 0 Å². The summed E-state index contributed by atoms with van der Waals surface area (Å²) in [5.41, 5.74) is 7.33. The van der Waals surface area contributed by atoms with E-state index in [0.29, 0.717) is 10.6 Å². The summed E-state index contributed by atoms with van der Waals surface area (Å²) in [6.45, 7) is 2.57. The first kappa shape index (κ1) is 13.3. The highest BCUT2D eigenvalue weighted by Gasteiger charge is 2.20. The van der Waals surface area contributed by atoms with E-state index < -0.39 is 0 Å². The van der Waals surface area contributed by atoms with E-state index >= 15 is 0 Å². The molecule has 0 aromatic heterocycles. The highest BCUT2D eigenvalue weighted by Crippen LogP contribution is 2.21. The smallest absolute Gasteiger partial charge is 0.337 e. The second kappa shape index (κ2) is 5.69. The molecule has 4 nitrogen and oxygen atoms in total. The molecule has 0 saturated carbocycles. The summed E-state index contributed by atoms with van der Waals surface area (Å²) in [6, 6.07) is 5.44. The monoisotopic (exact) mass is 268 g/mol. The van der Waals surface area contributed by atoms with E-state index in [1.165, 1.54) is 7.11 Å². The minimum atomic E-state index is -0.342. The van der Waals surface area contributed by atoms with Crippen LogP contribution in [0.5, 0.6) is 0 Å². The van der Waals surface area contributed by atoms with Gasteiger partial charge in [-0.15, -0.1) is 0 Å². The van der Waals surface area contributed by atoms with Crippen LogP contribution < -0.4 is 5.73 Å². The van der Waals surface area contributed by atoms with E-state index in [4.69, 9.17) is 22.1 Å². The minimum Gasteiger partial charge on any atom is -0.465 e. The molecule has 1 aliphatic rings. The molecule has 0 bridgehead atoms. The second-order valence-corrected chi connectivity index (χ2v) is 4.99. The van der Waals surface area contributed by atoms with Gasteiger partial charge in [0.15, 0.2) is 0 Å². The van der Waals surface area contributed by atoms with Crippen molar-refractivity contribution >= 4 is 17.6 Å². The van der Waals surface area contributed by atoms with E-state index in [-0.39, 0.29) is 12.0 Å². The van der Waals surface area contributed by atoms with Gasteiger partial charge in [-0.05, 0) is 30.2 Å². The Balaban J connectivity index is 2.13. The molecule has 1 atom stereocenters. The van der Waals surface area contributed by atoms with Gasteiger partial charge < -0.3 is 10.5 Å². The van der Waals surface area contributed by atoms with Crippen LogP contribution in [0.4, 0.5) is 0 Å². The normalized spacial score (nSPS) is 20.1. The first-order valence-electron chi connectivity index (χ1n) is 5.95. The van der Waals surface area contributed by atoms with Gasteiger partial charge in [-0.1, -0.05) is 11.6 Å². The fraction of sp³-hybridized carbons (Fsp3) is 0.462. The van der Waals surface area contributed by atoms with Crippen molar-refractivity contribution in [1.82, 2.24) is 4.90 Å². The molecule has 1 heterocycles. The summed E-state index contributed by atoms with van der Waals surface area (Å²) >= 11 is 6.15. The van der Waals surface area contributed by atoms with Gasteiger partial charge in [-0.2, -0.15) is 0 Å². The molecular formula is C13H17ClN2O2. The summed E-state index contributed by atoms with van der Waals surface area (Å²) < 4.78 is 4.70. The molecule has 0 amide bonds. The van der Waals surface area contributed by atoms with Crippen LogP contribution >= 0.6 is 11.6 Å². The molecular weight excluding hydrogens is 252 g/mol.